The fourth-order valence-electron chi connectivity index (χ4n) is 2.43. The van der Waals surface area contributed by atoms with Gasteiger partial charge in [-0.2, -0.15) is 0 Å². The Morgan fingerprint density at radius 3 is 2.95 bits per heavy atom. The molecule has 1 aromatic rings. The predicted octanol–water partition coefficient (Wildman–Crippen LogP) is 1.97. The number of thioether (sulfide) groups is 1. The van der Waals surface area contributed by atoms with Gasteiger partial charge in [0.15, 0.2) is 0 Å². The van der Waals surface area contributed by atoms with Crippen LogP contribution in [0.25, 0.3) is 0 Å². The second kappa shape index (κ2) is 6.74. The summed E-state index contributed by atoms with van der Waals surface area (Å²) in [6.07, 6.45) is 6.05. The van der Waals surface area contributed by atoms with E-state index in [1.165, 1.54) is 18.9 Å². The van der Waals surface area contributed by atoms with E-state index >= 15 is 0 Å². The van der Waals surface area contributed by atoms with Crippen LogP contribution in [0.15, 0.2) is 23.4 Å². The first-order valence-corrected chi connectivity index (χ1v) is 7.79. The zero-order valence-electron chi connectivity index (χ0n) is 11.7. The molecule has 0 N–H and O–H groups in total. The Balaban J connectivity index is 2.27. The van der Waals surface area contributed by atoms with E-state index < -0.39 is 6.04 Å². The van der Waals surface area contributed by atoms with E-state index in [2.05, 4.69) is 4.98 Å². The highest BCUT2D eigenvalue weighted by Crippen LogP contribution is 2.24. The van der Waals surface area contributed by atoms with Crippen molar-refractivity contribution in [1.29, 1.82) is 0 Å². The number of methoxy groups -OCH3 is 1. The van der Waals surface area contributed by atoms with Gasteiger partial charge in [0.05, 0.1) is 12.7 Å². The lowest BCUT2D eigenvalue weighted by atomic mass is 10.0. The van der Waals surface area contributed by atoms with E-state index in [9.17, 15) is 9.59 Å². The van der Waals surface area contributed by atoms with Crippen molar-refractivity contribution in [1.82, 2.24) is 9.88 Å². The van der Waals surface area contributed by atoms with Crippen molar-refractivity contribution in [3.63, 3.8) is 0 Å². The summed E-state index contributed by atoms with van der Waals surface area (Å²) >= 11 is 1.43. The molecule has 1 atom stereocenters. The minimum Gasteiger partial charge on any atom is -0.467 e. The maximum absolute atomic E-state index is 12.7. The Labute approximate surface area is 122 Å². The number of rotatable bonds is 3. The van der Waals surface area contributed by atoms with Gasteiger partial charge < -0.3 is 9.64 Å². The summed E-state index contributed by atoms with van der Waals surface area (Å²) in [5.41, 5.74) is 0.552. The van der Waals surface area contributed by atoms with Gasteiger partial charge in [-0.1, -0.05) is 0 Å². The minimum atomic E-state index is -0.476. The van der Waals surface area contributed by atoms with Gasteiger partial charge in [0.1, 0.15) is 11.1 Å². The lowest BCUT2D eigenvalue weighted by molar-refractivity contribution is -0.147. The Morgan fingerprint density at radius 2 is 2.25 bits per heavy atom. The average molecular weight is 294 g/mol. The van der Waals surface area contributed by atoms with Gasteiger partial charge in [0, 0.05) is 12.7 Å². The molecule has 0 radical (unpaired) electrons. The molecule has 1 aromatic heterocycles. The van der Waals surface area contributed by atoms with Crippen molar-refractivity contribution < 1.29 is 14.3 Å². The normalized spacial score (nSPS) is 18.7. The van der Waals surface area contributed by atoms with E-state index in [4.69, 9.17) is 4.74 Å². The Kier molecular flexibility index (Phi) is 5.00. The number of pyridine rings is 1. The number of piperidine rings is 1. The molecule has 2 heterocycles. The number of amides is 1. The van der Waals surface area contributed by atoms with Gasteiger partial charge in [-0.3, -0.25) is 4.79 Å². The molecule has 0 bridgehead atoms. The van der Waals surface area contributed by atoms with E-state index in [0.29, 0.717) is 23.6 Å². The van der Waals surface area contributed by atoms with Crippen molar-refractivity contribution >= 4 is 23.6 Å². The highest BCUT2D eigenvalue weighted by Gasteiger charge is 2.34. The summed E-state index contributed by atoms with van der Waals surface area (Å²) in [6.45, 7) is 0.585. The molecule has 1 saturated heterocycles. The number of hydrogen-bond donors (Lipinski definition) is 0. The van der Waals surface area contributed by atoms with Gasteiger partial charge in [0.2, 0.25) is 0 Å². The SMILES string of the molecule is COC(=O)[C@H]1CCCCN1C(=O)c1cccnc1SC. The van der Waals surface area contributed by atoms with Crippen LogP contribution in [0.2, 0.25) is 0 Å². The van der Waals surface area contributed by atoms with Gasteiger partial charge in [0.25, 0.3) is 5.91 Å². The van der Waals surface area contributed by atoms with Crippen LogP contribution in [0.5, 0.6) is 0 Å². The van der Waals surface area contributed by atoms with Crippen LogP contribution < -0.4 is 0 Å². The molecule has 2 rings (SSSR count). The summed E-state index contributed by atoms with van der Waals surface area (Å²) in [4.78, 5) is 30.3. The first-order valence-electron chi connectivity index (χ1n) is 6.57. The van der Waals surface area contributed by atoms with Crippen LogP contribution >= 0.6 is 11.8 Å². The third-order valence-electron chi connectivity index (χ3n) is 3.43. The van der Waals surface area contributed by atoms with Crippen LogP contribution in [-0.4, -0.2) is 47.7 Å². The van der Waals surface area contributed by atoms with E-state index in [-0.39, 0.29) is 11.9 Å². The van der Waals surface area contributed by atoms with Gasteiger partial charge >= 0.3 is 5.97 Å². The smallest absolute Gasteiger partial charge is 0.328 e. The number of likely N-dealkylation sites (tertiary alicyclic amines) is 1. The van der Waals surface area contributed by atoms with Crippen molar-refractivity contribution in [2.24, 2.45) is 0 Å². The molecule has 20 heavy (non-hydrogen) atoms. The van der Waals surface area contributed by atoms with Crippen molar-refractivity contribution in [2.75, 3.05) is 19.9 Å². The van der Waals surface area contributed by atoms with Gasteiger partial charge in [-0.25, -0.2) is 9.78 Å². The molecular weight excluding hydrogens is 276 g/mol. The Bertz CT molecular complexity index is 507. The van der Waals surface area contributed by atoms with E-state index in [1.54, 1.807) is 23.2 Å². The number of nitrogens with zero attached hydrogens (tertiary/aromatic N) is 2. The highest BCUT2D eigenvalue weighted by atomic mass is 32.2. The molecular formula is C14H18N2O3S. The Hall–Kier alpha value is -1.56. The van der Waals surface area contributed by atoms with Crippen LogP contribution in [0, 0.1) is 0 Å². The molecule has 0 unspecified atom stereocenters. The molecule has 5 nitrogen and oxygen atoms in total. The monoisotopic (exact) mass is 294 g/mol. The fraction of sp³-hybridized carbons (Fsp3) is 0.500. The average Bonchev–Trinajstić information content (AvgIpc) is 2.53. The minimum absolute atomic E-state index is 0.141. The lowest BCUT2D eigenvalue weighted by Gasteiger charge is -2.34. The first-order chi connectivity index (χ1) is 9.69. The third-order valence-corrected chi connectivity index (χ3v) is 4.14. The second-order valence-electron chi connectivity index (χ2n) is 4.59. The summed E-state index contributed by atoms with van der Waals surface area (Å²) < 4.78 is 4.81. The number of aromatic nitrogens is 1. The highest BCUT2D eigenvalue weighted by molar-refractivity contribution is 7.98. The standard InChI is InChI=1S/C14H18N2O3S/c1-19-14(18)11-7-3-4-9-16(11)13(17)10-6-5-8-15-12(10)20-2/h5-6,8,11H,3-4,7,9H2,1-2H3/t11-/m1/s1. The number of carbonyl (C=O) groups excluding carboxylic acids is 2. The lowest BCUT2D eigenvalue weighted by Crippen LogP contribution is -2.48. The third kappa shape index (κ3) is 2.95. The zero-order valence-corrected chi connectivity index (χ0v) is 12.5. The molecule has 0 spiro atoms. The molecule has 0 saturated carbocycles. The number of ether oxygens (including phenoxy) is 1. The first kappa shape index (κ1) is 14.8. The van der Waals surface area contributed by atoms with Crippen molar-refractivity contribution in [2.45, 2.75) is 30.3 Å². The maximum Gasteiger partial charge on any atom is 0.328 e. The molecule has 1 aliphatic rings. The molecule has 1 aliphatic heterocycles. The predicted molar refractivity (Wildman–Crippen MR) is 76.7 cm³/mol. The molecule has 6 heteroatoms. The summed E-state index contributed by atoms with van der Waals surface area (Å²) in [5, 5.41) is 0.687. The molecule has 0 aromatic carbocycles. The van der Waals surface area contributed by atoms with Gasteiger partial charge in [-0.05, 0) is 37.7 Å². The fourth-order valence-corrected chi connectivity index (χ4v) is 2.97. The summed E-state index contributed by atoms with van der Waals surface area (Å²) in [6, 6.07) is 3.02. The molecule has 0 aliphatic carbocycles. The van der Waals surface area contributed by atoms with E-state index in [1.807, 2.05) is 6.26 Å². The van der Waals surface area contributed by atoms with Crippen LogP contribution in [0.3, 0.4) is 0 Å². The second-order valence-corrected chi connectivity index (χ2v) is 5.39. The van der Waals surface area contributed by atoms with Crippen LogP contribution in [0.1, 0.15) is 29.6 Å². The number of carbonyl (C=O) groups is 2. The molecule has 1 amide bonds. The van der Waals surface area contributed by atoms with E-state index in [0.717, 1.165) is 12.8 Å². The Morgan fingerprint density at radius 1 is 1.45 bits per heavy atom. The summed E-state index contributed by atoms with van der Waals surface area (Å²) in [5.74, 6) is -0.481. The largest absolute Gasteiger partial charge is 0.467 e. The van der Waals surface area contributed by atoms with Crippen molar-refractivity contribution in [3.8, 4) is 0 Å². The van der Waals surface area contributed by atoms with Gasteiger partial charge in [-0.15, -0.1) is 11.8 Å². The number of esters is 1. The van der Waals surface area contributed by atoms with Crippen molar-refractivity contribution in [3.05, 3.63) is 23.9 Å². The summed E-state index contributed by atoms with van der Waals surface area (Å²) in [7, 11) is 1.36. The topological polar surface area (TPSA) is 59.5 Å². The van der Waals surface area contributed by atoms with Crippen LogP contribution in [-0.2, 0) is 9.53 Å². The quantitative estimate of drug-likeness (QED) is 0.630. The number of hydrogen-bond acceptors (Lipinski definition) is 5. The molecule has 108 valence electrons. The maximum atomic E-state index is 12.7. The zero-order chi connectivity index (χ0) is 14.5. The molecule has 1 fully saturated rings. The van der Waals surface area contributed by atoms with Crippen LogP contribution in [0.4, 0.5) is 0 Å².